The lowest BCUT2D eigenvalue weighted by atomic mass is 10.3. The molecule has 1 spiro atoms. The van der Waals surface area contributed by atoms with Gasteiger partial charge in [0.05, 0.1) is 12.1 Å². The highest BCUT2D eigenvalue weighted by Crippen LogP contribution is 2.46. The highest BCUT2D eigenvalue weighted by atomic mass is 16.2. The van der Waals surface area contributed by atoms with Crippen LogP contribution in [0.3, 0.4) is 0 Å². The molecule has 5 heteroatoms. The predicted octanol–water partition coefficient (Wildman–Crippen LogP) is 1.19. The Balaban J connectivity index is 1.94. The maximum Gasteiger partial charge on any atom is 0.326 e. The number of amides is 2. The van der Waals surface area contributed by atoms with Gasteiger partial charge in [0.15, 0.2) is 0 Å². The van der Waals surface area contributed by atoms with Crippen LogP contribution in [0.2, 0.25) is 0 Å². The second-order valence-electron chi connectivity index (χ2n) is 4.61. The van der Waals surface area contributed by atoms with Crippen LogP contribution in [0.4, 0.5) is 10.6 Å². The minimum absolute atomic E-state index is 0.0515. The van der Waals surface area contributed by atoms with E-state index in [0.29, 0.717) is 11.6 Å². The zero-order valence-electron chi connectivity index (χ0n) is 9.47. The fraction of sp³-hybridized carbons (Fsp3) is 0.545. The maximum atomic E-state index is 12.1. The minimum atomic E-state index is 0.0515. The molecule has 1 aromatic heterocycles. The van der Waals surface area contributed by atoms with Gasteiger partial charge in [-0.15, -0.1) is 0 Å². The van der Waals surface area contributed by atoms with Crippen molar-refractivity contribution in [1.82, 2.24) is 14.9 Å². The molecule has 1 saturated carbocycles. The summed E-state index contributed by atoms with van der Waals surface area (Å²) in [5.41, 5.74) is 0.0932. The summed E-state index contributed by atoms with van der Waals surface area (Å²) >= 11 is 0. The van der Waals surface area contributed by atoms with E-state index in [0.717, 1.165) is 19.4 Å². The molecule has 0 bridgehead atoms. The smallest absolute Gasteiger partial charge is 0.320 e. The Kier molecular flexibility index (Phi) is 1.75. The minimum Gasteiger partial charge on any atom is -0.320 e. The summed E-state index contributed by atoms with van der Waals surface area (Å²) in [4.78, 5) is 24.0. The highest BCUT2D eigenvalue weighted by Gasteiger charge is 2.56. The highest BCUT2D eigenvalue weighted by molar-refractivity contribution is 5.94. The van der Waals surface area contributed by atoms with Crippen LogP contribution in [0.15, 0.2) is 12.3 Å². The first-order valence-corrected chi connectivity index (χ1v) is 5.47. The Morgan fingerprint density at radius 2 is 2.19 bits per heavy atom. The molecule has 0 atom stereocenters. The lowest BCUT2D eigenvalue weighted by Crippen LogP contribution is -2.32. The second kappa shape index (κ2) is 2.93. The van der Waals surface area contributed by atoms with Crippen LogP contribution in [0.25, 0.3) is 0 Å². The maximum absolute atomic E-state index is 12.1. The second-order valence-corrected chi connectivity index (χ2v) is 4.61. The van der Waals surface area contributed by atoms with Gasteiger partial charge in [-0.2, -0.15) is 0 Å². The number of carbonyl (C=O) groups is 1. The van der Waals surface area contributed by atoms with Crippen LogP contribution in [0.1, 0.15) is 18.7 Å². The molecule has 84 valence electrons. The van der Waals surface area contributed by atoms with Crippen molar-refractivity contribution in [2.24, 2.45) is 0 Å². The summed E-state index contributed by atoms with van der Waals surface area (Å²) in [5, 5.41) is 0. The van der Waals surface area contributed by atoms with E-state index in [1.54, 1.807) is 17.2 Å². The van der Waals surface area contributed by atoms with Crippen molar-refractivity contribution in [2.75, 3.05) is 18.5 Å². The monoisotopic (exact) mass is 218 g/mol. The van der Waals surface area contributed by atoms with Gasteiger partial charge < -0.3 is 4.90 Å². The van der Waals surface area contributed by atoms with Crippen molar-refractivity contribution in [3.8, 4) is 0 Å². The molecular formula is C11H14N4O. The van der Waals surface area contributed by atoms with Crippen molar-refractivity contribution in [3.05, 3.63) is 18.1 Å². The first kappa shape index (κ1) is 9.57. The Morgan fingerprint density at radius 1 is 1.44 bits per heavy atom. The number of anilines is 1. The average molecular weight is 218 g/mol. The molecule has 0 N–H and O–H groups in total. The number of likely N-dealkylation sites (N-methyl/N-ethyl adjacent to an activating group) is 1. The Morgan fingerprint density at radius 3 is 2.75 bits per heavy atom. The first-order valence-electron chi connectivity index (χ1n) is 5.47. The number of aromatic nitrogens is 2. The Bertz CT molecular complexity index is 455. The third kappa shape index (κ3) is 1.20. The van der Waals surface area contributed by atoms with Gasteiger partial charge in [0, 0.05) is 13.2 Å². The summed E-state index contributed by atoms with van der Waals surface area (Å²) in [5.74, 6) is 1.41. The van der Waals surface area contributed by atoms with E-state index in [-0.39, 0.29) is 11.6 Å². The summed E-state index contributed by atoms with van der Waals surface area (Å²) in [6.45, 7) is 2.60. The van der Waals surface area contributed by atoms with E-state index in [9.17, 15) is 4.79 Å². The topological polar surface area (TPSA) is 49.3 Å². The van der Waals surface area contributed by atoms with Crippen molar-refractivity contribution in [3.63, 3.8) is 0 Å². The average Bonchev–Trinajstić information content (AvgIpc) is 3.00. The number of hydrogen-bond donors (Lipinski definition) is 0. The molecule has 1 aromatic rings. The van der Waals surface area contributed by atoms with Crippen LogP contribution in [-0.4, -0.2) is 40.0 Å². The number of rotatable bonds is 1. The molecule has 1 aliphatic carbocycles. The summed E-state index contributed by atoms with van der Waals surface area (Å²) in [6, 6.07) is 1.84. The van der Waals surface area contributed by atoms with Crippen LogP contribution < -0.4 is 4.90 Å². The number of carbonyl (C=O) groups excluding carboxylic acids is 1. The molecule has 1 saturated heterocycles. The van der Waals surface area contributed by atoms with E-state index >= 15 is 0 Å². The summed E-state index contributed by atoms with van der Waals surface area (Å²) in [7, 11) is 1.88. The molecule has 16 heavy (non-hydrogen) atoms. The molecule has 2 aliphatic rings. The zero-order chi connectivity index (χ0) is 11.3. The van der Waals surface area contributed by atoms with Gasteiger partial charge in [-0.1, -0.05) is 0 Å². The summed E-state index contributed by atoms with van der Waals surface area (Å²) < 4.78 is 0. The largest absolute Gasteiger partial charge is 0.326 e. The van der Waals surface area contributed by atoms with Gasteiger partial charge in [-0.3, -0.25) is 4.90 Å². The van der Waals surface area contributed by atoms with Gasteiger partial charge >= 0.3 is 6.03 Å². The fourth-order valence-corrected chi connectivity index (χ4v) is 2.26. The lowest BCUT2D eigenvalue weighted by Gasteiger charge is -2.15. The van der Waals surface area contributed by atoms with Crippen molar-refractivity contribution in [2.45, 2.75) is 25.3 Å². The third-order valence-corrected chi connectivity index (χ3v) is 3.55. The van der Waals surface area contributed by atoms with E-state index in [1.165, 1.54) is 0 Å². The standard InChI is InChI=1S/C11H14N4O/c1-8-12-6-3-9(13-8)15-7-11(4-5-11)14(2)10(15)16/h3,6H,4-5,7H2,1-2H3. The van der Waals surface area contributed by atoms with Gasteiger partial charge in [0.25, 0.3) is 0 Å². The van der Waals surface area contributed by atoms with E-state index in [2.05, 4.69) is 9.97 Å². The molecule has 5 nitrogen and oxygen atoms in total. The van der Waals surface area contributed by atoms with Crippen molar-refractivity contribution >= 4 is 11.8 Å². The molecule has 2 fully saturated rings. The van der Waals surface area contributed by atoms with Gasteiger partial charge in [0.1, 0.15) is 11.6 Å². The predicted molar refractivity (Wildman–Crippen MR) is 59.2 cm³/mol. The Hall–Kier alpha value is -1.65. The third-order valence-electron chi connectivity index (χ3n) is 3.55. The Labute approximate surface area is 94.1 Å². The fourth-order valence-electron chi connectivity index (χ4n) is 2.26. The zero-order valence-corrected chi connectivity index (χ0v) is 9.47. The van der Waals surface area contributed by atoms with Crippen molar-refractivity contribution < 1.29 is 4.79 Å². The van der Waals surface area contributed by atoms with Gasteiger partial charge in [0.2, 0.25) is 0 Å². The molecule has 3 rings (SSSR count). The SMILES string of the molecule is Cc1nccc(N2CC3(CC3)N(C)C2=O)n1. The molecule has 0 unspecified atom stereocenters. The number of hydrogen-bond acceptors (Lipinski definition) is 3. The molecule has 0 aromatic carbocycles. The molecule has 2 heterocycles. The number of aryl methyl sites for hydroxylation is 1. The molecular weight excluding hydrogens is 204 g/mol. The van der Waals surface area contributed by atoms with E-state index in [1.807, 2.05) is 18.9 Å². The molecule has 0 radical (unpaired) electrons. The molecule has 2 amide bonds. The first-order chi connectivity index (χ1) is 7.62. The number of urea groups is 1. The molecule has 1 aliphatic heterocycles. The van der Waals surface area contributed by atoms with Gasteiger partial charge in [-0.25, -0.2) is 14.8 Å². The lowest BCUT2D eigenvalue weighted by molar-refractivity contribution is 0.215. The quantitative estimate of drug-likeness (QED) is 0.711. The number of nitrogens with zero attached hydrogens (tertiary/aromatic N) is 4. The van der Waals surface area contributed by atoms with E-state index in [4.69, 9.17) is 0 Å². The van der Waals surface area contributed by atoms with Crippen LogP contribution in [0.5, 0.6) is 0 Å². The summed E-state index contributed by atoms with van der Waals surface area (Å²) in [6.07, 6.45) is 3.91. The van der Waals surface area contributed by atoms with E-state index < -0.39 is 0 Å². The normalized spacial score (nSPS) is 22.0. The van der Waals surface area contributed by atoms with Crippen LogP contribution >= 0.6 is 0 Å². The van der Waals surface area contributed by atoms with Crippen LogP contribution in [-0.2, 0) is 0 Å². The van der Waals surface area contributed by atoms with Crippen molar-refractivity contribution in [1.29, 1.82) is 0 Å². The van der Waals surface area contributed by atoms with Crippen LogP contribution in [0, 0.1) is 6.92 Å². The van der Waals surface area contributed by atoms with Gasteiger partial charge in [-0.05, 0) is 25.8 Å².